The zero-order valence-corrected chi connectivity index (χ0v) is 16.5. The van der Waals surface area contributed by atoms with Gasteiger partial charge in [-0.2, -0.15) is 0 Å². The van der Waals surface area contributed by atoms with Crippen LogP contribution in [0.25, 0.3) is 0 Å². The van der Waals surface area contributed by atoms with Gasteiger partial charge in [0.2, 0.25) is 0 Å². The van der Waals surface area contributed by atoms with Crippen LogP contribution in [-0.4, -0.2) is 6.10 Å². The highest BCUT2D eigenvalue weighted by atomic mass is 31.2. The van der Waals surface area contributed by atoms with Gasteiger partial charge in [-0.3, -0.25) is 0 Å². The molecule has 0 bridgehead atoms. The van der Waals surface area contributed by atoms with Crippen molar-refractivity contribution >= 4 is 23.0 Å². The lowest BCUT2D eigenvalue weighted by Crippen LogP contribution is -2.24. The smallest absolute Gasteiger partial charge is 0.119 e. The van der Waals surface area contributed by atoms with Crippen molar-refractivity contribution in [1.82, 2.24) is 0 Å². The van der Waals surface area contributed by atoms with E-state index >= 15 is 0 Å². The number of hydrogen-bond donors (Lipinski definition) is 1. The molecule has 0 saturated heterocycles. The summed E-state index contributed by atoms with van der Waals surface area (Å²) in [5.41, 5.74) is 0. The second kappa shape index (κ2) is 7.93. The zero-order chi connectivity index (χ0) is 18.6. The number of rotatable bonds is 6. The molecule has 0 aliphatic carbocycles. The molecule has 26 heavy (non-hydrogen) atoms. The Morgan fingerprint density at radius 3 is 1.50 bits per heavy atom. The Labute approximate surface area is 156 Å². The first-order valence-corrected chi connectivity index (χ1v) is 10.8. The molecule has 3 heteroatoms. The summed E-state index contributed by atoms with van der Waals surface area (Å²) in [4.78, 5) is 0. The Kier molecular flexibility index (Phi) is 5.64. The Morgan fingerprint density at radius 2 is 1.08 bits per heavy atom. The van der Waals surface area contributed by atoms with E-state index in [1.807, 2.05) is 48.5 Å². The first kappa shape index (κ1) is 18.5. The summed E-state index contributed by atoms with van der Waals surface area (Å²) < 4.78 is 6.01. The summed E-state index contributed by atoms with van der Waals surface area (Å²) in [5.74, 6) is 1.33. The van der Waals surface area contributed by atoms with E-state index in [9.17, 15) is 5.16 Å². The van der Waals surface area contributed by atoms with E-state index in [2.05, 4.69) is 57.2 Å². The van der Waals surface area contributed by atoms with Gasteiger partial charge in [-0.15, -0.1) is 0 Å². The summed E-state index contributed by atoms with van der Waals surface area (Å²) in [6.45, 7) is 6.41. The van der Waals surface area contributed by atoms with Gasteiger partial charge in [-0.05, 0) is 47.7 Å². The van der Waals surface area contributed by atoms with E-state index in [0.29, 0.717) is 5.92 Å². The fourth-order valence-corrected chi connectivity index (χ4v) is 5.58. The van der Waals surface area contributed by atoms with Gasteiger partial charge in [0.1, 0.15) is 5.75 Å². The fourth-order valence-electron chi connectivity index (χ4n) is 2.85. The minimum absolute atomic E-state index is 0.166. The quantitative estimate of drug-likeness (QED) is 0.603. The second-order valence-electron chi connectivity index (χ2n) is 6.90. The maximum Gasteiger partial charge on any atom is 0.119 e. The summed E-state index contributed by atoms with van der Waals surface area (Å²) >= 11 is 0. The monoisotopic (exact) mass is 363 g/mol. The van der Waals surface area contributed by atoms with Crippen LogP contribution in [0, 0.1) is 11.1 Å². The fraction of sp³-hybridized carbons (Fsp3) is 0.217. The van der Waals surface area contributed by atoms with Gasteiger partial charge in [-0.1, -0.05) is 74.5 Å². The molecule has 134 valence electrons. The molecule has 0 aromatic heterocycles. The molecule has 0 fully saturated rings. The molecule has 0 aliphatic rings. The zero-order valence-electron chi connectivity index (χ0n) is 15.6. The topological polar surface area (TPSA) is 33.1 Å². The molecular weight excluding hydrogens is 337 g/mol. The van der Waals surface area contributed by atoms with Crippen LogP contribution < -0.4 is 20.7 Å². The summed E-state index contributed by atoms with van der Waals surface area (Å²) in [6.07, 6.45) is 0.166. The van der Waals surface area contributed by atoms with Gasteiger partial charge < -0.3 is 9.90 Å². The lowest BCUT2D eigenvalue weighted by molar-refractivity contribution is 0.170. The highest BCUT2D eigenvalue weighted by Gasteiger charge is 2.24. The molecule has 0 saturated carbocycles. The summed E-state index contributed by atoms with van der Waals surface area (Å²) in [6, 6.07) is 28.5. The van der Waals surface area contributed by atoms with Crippen molar-refractivity contribution < 1.29 is 4.74 Å². The van der Waals surface area contributed by atoms with E-state index in [1.54, 1.807) is 0 Å². The van der Waals surface area contributed by atoms with Crippen molar-refractivity contribution in [2.75, 3.05) is 0 Å². The van der Waals surface area contributed by atoms with Crippen LogP contribution in [0.5, 0.6) is 5.75 Å². The van der Waals surface area contributed by atoms with Gasteiger partial charge in [0.05, 0.1) is 13.2 Å². The van der Waals surface area contributed by atoms with Gasteiger partial charge in [0.15, 0.2) is 0 Å². The van der Waals surface area contributed by atoms with Crippen LogP contribution in [-0.2, 0) is 0 Å². The molecule has 2 nitrogen and oxygen atoms in total. The van der Waals surface area contributed by atoms with Crippen LogP contribution >= 0.6 is 7.05 Å². The van der Waals surface area contributed by atoms with Gasteiger partial charge in [0.25, 0.3) is 0 Å². The van der Waals surface area contributed by atoms with E-state index in [-0.39, 0.29) is 6.10 Å². The lowest BCUT2D eigenvalue weighted by atomic mass is 10.1. The number of benzene rings is 3. The maximum absolute atomic E-state index is 9.49. The van der Waals surface area contributed by atoms with Crippen molar-refractivity contribution in [2.24, 2.45) is 5.92 Å². The first-order chi connectivity index (χ1) is 12.5. The van der Waals surface area contributed by atoms with E-state index < -0.39 is 7.05 Å². The van der Waals surface area contributed by atoms with Crippen molar-refractivity contribution in [1.29, 1.82) is 5.16 Å². The number of ether oxygens (including phenoxy) is 1. The third kappa shape index (κ3) is 3.76. The Balaban J connectivity index is 2.03. The Bertz CT molecular complexity index is 830. The van der Waals surface area contributed by atoms with Crippen LogP contribution in [0.15, 0.2) is 84.9 Å². The van der Waals surface area contributed by atoms with E-state index in [4.69, 9.17) is 4.74 Å². The minimum Gasteiger partial charge on any atom is -0.490 e. The third-order valence-corrected chi connectivity index (χ3v) is 7.99. The standard InChI is InChI=1S/C23H26NOP/c1-18(2)19(3)25-20-14-16-23(17-15-20)26(24,21-10-6-4-7-11-21)22-12-8-5-9-13-22/h4-19,24H,1-3H3. The Morgan fingerprint density at radius 1 is 0.654 bits per heavy atom. The van der Waals surface area contributed by atoms with Crippen molar-refractivity contribution in [2.45, 2.75) is 26.9 Å². The largest absolute Gasteiger partial charge is 0.490 e. The highest BCUT2D eigenvalue weighted by molar-refractivity contribution is 7.86. The summed E-state index contributed by atoms with van der Waals surface area (Å²) in [5, 5.41) is 12.7. The normalized spacial score (nSPS) is 12.8. The van der Waals surface area contributed by atoms with Crippen LogP contribution in [0.1, 0.15) is 20.8 Å². The van der Waals surface area contributed by atoms with Crippen molar-refractivity contribution in [3.05, 3.63) is 84.9 Å². The molecular formula is C23H26NOP. The Hall–Kier alpha value is -2.31. The van der Waals surface area contributed by atoms with Crippen LogP contribution in [0.3, 0.4) is 0 Å². The molecule has 1 atom stereocenters. The van der Waals surface area contributed by atoms with E-state index in [1.165, 1.54) is 0 Å². The molecule has 3 aromatic carbocycles. The van der Waals surface area contributed by atoms with Gasteiger partial charge >= 0.3 is 0 Å². The molecule has 0 aliphatic heterocycles. The number of hydrogen-bond acceptors (Lipinski definition) is 2. The first-order valence-electron chi connectivity index (χ1n) is 9.04. The lowest BCUT2D eigenvalue weighted by Gasteiger charge is -2.25. The SMILES string of the molecule is CC(C)C(C)Oc1ccc(P(=N)(c2ccccc2)c2ccccc2)cc1. The predicted molar refractivity (Wildman–Crippen MR) is 113 cm³/mol. The van der Waals surface area contributed by atoms with Gasteiger partial charge in [0, 0.05) is 5.30 Å². The third-order valence-electron chi connectivity index (χ3n) is 4.77. The predicted octanol–water partition coefficient (Wildman–Crippen LogP) is 5.17. The van der Waals surface area contributed by atoms with Crippen LogP contribution in [0.4, 0.5) is 0 Å². The highest BCUT2D eigenvalue weighted by Crippen LogP contribution is 2.43. The molecule has 3 rings (SSSR count). The van der Waals surface area contributed by atoms with E-state index in [0.717, 1.165) is 21.7 Å². The maximum atomic E-state index is 9.49. The second-order valence-corrected chi connectivity index (χ2v) is 9.79. The molecule has 3 aromatic rings. The van der Waals surface area contributed by atoms with Gasteiger partial charge in [-0.25, -0.2) is 0 Å². The molecule has 0 radical (unpaired) electrons. The summed E-state index contributed by atoms with van der Waals surface area (Å²) in [7, 11) is -2.41. The average Bonchev–Trinajstić information content (AvgIpc) is 2.69. The molecule has 0 heterocycles. The van der Waals surface area contributed by atoms with Crippen molar-refractivity contribution in [3.8, 4) is 5.75 Å². The average molecular weight is 363 g/mol. The molecule has 1 unspecified atom stereocenters. The number of nitrogens with one attached hydrogen (secondary N) is 1. The minimum atomic E-state index is -2.41. The molecule has 0 amide bonds. The molecule has 1 N–H and O–H groups in total. The molecule has 0 spiro atoms. The van der Waals surface area contributed by atoms with Crippen LogP contribution in [0.2, 0.25) is 0 Å². The van der Waals surface area contributed by atoms with Crippen molar-refractivity contribution in [3.63, 3.8) is 0 Å².